The second-order valence-electron chi connectivity index (χ2n) is 8.87. The van der Waals surface area contributed by atoms with E-state index in [0.29, 0.717) is 6.61 Å². The average Bonchev–Trinajstić information content (AvgIpc) is 2.85. The van der Waals surface area contributed by atoms with Crippen LogP contribution in [0.1, 0.15) is 37.4 Å². The highest BCUT2D eigenvalue weighted by molar-refractivity contribution is 5.86. The molecule has 0 aliphatic carbocycles. The monoisotopic (exact) mass is 445 g/mol. The van der Waals surface area contributed by atoms with Gasteiger partial charge in [-0.2, -0.15) is 0 Å². The highest BCUT2D eigenvalue weighted by Crippen LogP contribution is 2.24. The SMILES string of the molecule is CC(=O)N1CCN(CCCOc2cccc(CN[C@@H](C)c3cccc4ccccc34)c2)CC1. The Hall–Kier alpha value is -2.89. The van der Waals surface area contributed by atoms with Gasteiger partial charge in [0, 0.05) is 52.2 Å². The molecule has 3 aromatic rings. The van der Waals surface area contributed by atoms with Crippen molar-refractivity contribution in [3.05, 3.63) is 77.9 Å². The lowest BCUT2D eigenvalue weighted by molar-refractivity contribution is -0.130. The van der Waals surface area contributed by atoms with Crippen LogP contribution in [-0.4, -0.2) is 55.0 Å². The molecule has 1 aliphatic heterocycles. The second-order valence-corrected chi connectivity index (χ2v) is 8.87. The number of nitrogens with zero attached hydrogens (tertiary/aromatic N) is 2. The van der Waals surface area contributed by atoms with Crippen LogP contribution in [0.4, 0.5) is 0 Å². The van der Waals surface area contributed by atoms with Gasteiger partial charge in [-0.3, -0.25) is 9.69 Å². The molecule has 4 rings (SSSR count). The predicted octanol–water partition coefficient (Wildman–Crippen LogP) is 4.62. The molecule has 1 fully saturated rings. The molecular formula is C28H35N3O2. The molecule has 0 aromatic heterocycles. The van der Waals surface area contributed by atoms with Gasteiger partial charge < -0.3 is 15.0 Å². The highest BCUT2D eigenvalue weighted by Gasteiger charge is 2.17. The molecule has 0 bridgehead atoms. The Morgan fingerprint density at radius 1 is 1.00 bits per heavy atom. The summed E-state index contributed by atoms with van der Waals surface area (Å²) in [6.07, 6.45) is 0.987. The van der Waals surface area contributed by atoms with Crippen molar-refractivity contribution in [2.75, 3.05) is 39.3 Å². The van der Waals surface area contributed by atoms with Gasteiger partial charge >= 0.3 is 0 Å². The summed E-state index contributed by atoms with van der Waals surface area (Å²) in [5.74, 6) is 1.10. The Balaban J connectivity index is 1.22. The summed E-state index contributed by atoms with van der Waals surface area (Å²) in [5, 5.41) is 6.25. The maximum atomic E-state index is 11.4. The summed E-state index contributed by atoms with van der Waals surface area (Å²) in [7, 11) is 0. The number of nitrogens with one attached hydrogen (secondary N) is 1. The Morgan fingerprint density at radius 3 is 2.58 bits per heavy atom. The number of hydrogen-bond donors (Lipinski definition) is 1. The first-order chi connectivity index (χ1) is 16.1. The average molecular weight is 446 g/mol. The quantitative estimate of drug-likeness (QED) is 0.488. The molecule has 1 N–H and O–H groups in total. The van der Waals surface area contributed by atoms with E-state index in [1.165, 1.54) is 21.9 Å². The minimum absolute atomic E-state index is 0.180. The van der Waals surface area contributed by atoms with Crippen LogP contribution in [0.5, 0.6) is 5.75 Å². The zero-order chi connectivity index (χ0) is 23.0. The van der Waals surface area contributed by atoms with E-state index in [0.717, 1.165) is 51.4 Å². The van der Waals surface area contributed by atoms with Gasteiger partial charge in [0.05, 0.1) is 6.61 Å². The van der Waals surface area contributed by atoms with Crippen LogP contribution < -0.4 is 10.1 Å². The Morgan fingerprint density at radius 2 is 1.76 bits per heavy atom. The fourth-order valence-corrected chi connectivity index (χ4v) is 4.52. The number of hydrogen-bond acceptors (Lipinski definition) is 4. The summed E-state index contributed by atoms with van der Waals surface area (Å²) in [5.41, 5.74) is 2.55. The zero-order valence-corrected chi connectivity index (χ0v) is 19.8. The molecule has 3 aromatic carbocycles. The predicted molar refractivity (Wildman–Crippen MR) is 134 cm³/mol. The Kier molecular flexibility index (Phi) is 7.97. The van der Waals surface area contributed by atoms with Gasteiger partial charge in [0.2, 0.25) is 5.91 Å². The number of rotatable bonds is 9. The van der Waals surface area contributed by atoms with Crippen molar-refractivity contribution in [2.45, 2.75) is 32.9 Å². The molecule has 1 atom stereocenters. The molecule has 5 heteroatoms. The molecular weight excluding hydrogens is 410 g/mol. The number of fused-ring (bicyclic) bond motifs is 1. The standard InChI is InChI=1S/C28H35N3O2/c1-22(27-13-6-10-25-9-3-4-12-28(25)27)29-21-24-8-5-11-26(20-24)33-19-7-14-30-15-17-31(18-16-30)23(2)32/h3-6,8-13,20,22,29H,7,14-19,21H2,1-2H3/t22-/m0/s1. The van der Waals surface area contributed by atoms with Crippen molar-refractivity contribution in [3.8, 4) is 5.75 Å². The van der Waals surface area contributed by atoms with Gasteiger partial charge in [-0.05, 0) is 47.4 Å². The smallest absolute Gasteiger partial charge is 0.219 e. The normalized spacial score (nSPS) is 15.5. The molecule has 1 aliphatic rings. The Bertz CT molecular complexity index is 1050. The van der Waals surface area contributed by atoms with E-state index in [1.807, 2.05) is 11.0 Å². The maximum absolute atomic E-state index is 11.4. The van der Waals surface area contributed by atoms with E-state index in [9.17, 15) is 4.79 Å². The van der Waals surface area contributed by atoms with Crippen LogP contribution >= 0.6 is 0 Å². The van der Waals surface area contributed by atoms with Crippen LogP contribution in [0.3, 0.4) is 0 Å². The maximum Gasteiger partial charge on any atom is 0.219 e. The van der Waals surface area contributed by atoms with Crippen molar-refractivity contribution in [3.63, 3.8) is 0 Å². The first-order valence-corrected chi connectivity index (χ1v) is 12.0. The van der Waals surface area contributed by atoms with Gasteiger partial charge in [-0.25, -0.2) is 0 Å². The van der Waals surface area contributed by atoms with E-state index in [4.69, 9.17) is 4.74 Å². The molecule has 0 unspecified atom stereocenters. The molecule has 33 heavy (non-hydrogen) atoms. The van der Waals surface area contributed by atoms with E-state index >= 15 is 0 Å². The van der Waals surface area contributed by atoms with Gasteiger partial charge in [-0.15, -0.1) is 0 Å². The van der Waals surface area contributed by atoms with E-state index in [2.05, 4.69) is 77.8 Å². The van der Waals surface area contributed by atoms with Gasteiger partial charge in [0.15, 0.2) is 0 Å². The van der Waals surface area contributed by atoms with Crippen molar-refractivity contribution >= 4 is 16.7 Å². The van der Waals surface area contributed by atoms with Crippen molar-refractivity contribution in [2.24, 2.45) is 0 Å². The van der Waals surface area contributed by atoms with Crippen LogP contribution in [0.2, 0.25) is 0 Å². The minimum Gasteiger partial charge on any atom is -0.494 e. The van der Waals surface area contributed by atoms with Crippen LogP contribution in [0.15, 0.2) is 66.7 Å². The van der Waals surface area contributed by atoms with Crippen LogP contribution in [0, 0.1) is 0 Å². The van der Waals surface area contributed by atoms with Crippen molar-refractivity contribution in [1.82, 2.24) is 15.1 Å². The number of ether oxygens (including phenoxy) is 1. The lowest BCUT2D eigenvalue weighted by atomic mass is 9.99. The lowest BCUT2D eigenvalue weighted by Gasteiger charge is -2.34. The number of benzene rings is 3. The molecule has 0 spiro atoms. The lowest BCUT2D eigenvalue weighted by Crippen LogP contribution is -2.48. The van der Waals surface area contributed by atoms with Crippen molar-refractivity contribution < 1.29 is 9.53 Å². The molecule has 0 saturated carbocycles. The molecule has 1 saturated heterocycles. The Labute approximate surface area is 197 Å². The number of carbonyl (C=O) groups excluding carboxylic acids is 1. The topological polar surface area (TPSA) is 44.8 Å². The summed E-state index contributed by atoms with van der Waals surface area (Å²) in [6, 6.07) is 23.7. The first-order valence-electron chi connectivity index (χ1n) is 12.0. The minimum atomic E-state index is 0.180. The summed E-state index contributed by atoms with van der Waals surface area (Å²) >= 11 is 0. The fourth-order valence-electron chi connectivity index (χ4n) is 4.52. The van der Waals surface area contributed by atoms with Gasteiger partial charge in [0.1, 0.15) is 5.75 Å². The third-order valence-electron chi connectivity index (χ3n) is 6.51. The van der Waals surface area contributed by atoms with E-state index in [1.54, 1.807) is 6.92 Å². The molecule has 1 amide bonds. The van der Waals surface area contributed by atoms with Crippen LogP contribution in [-0.2, 0) is 11.3 Å². The van der Waals surface area contributed by atoms with E-state index in [-0.39, 0.29) is 11.9 Å². The summed E-state index contributed by atoms with van der Waals surface area (Å²) in [4.78, 5) is 15.8. The highest BCUT2D eigenvalue weighted by atomic mass is 16.5. The fraction of sp³-hybridized carbons (Fsp3) is 0.393. The third-order valence-corrected chi connectivity index (χ3v) is 6.51. The van der Waals surface area contributed by atoms with Gasteiger partial charge in [-0.1, -0.05) is 54.6 Å². The summed E-state index contributed by atoms with van der Waals surface area (Å²) < 4.78 is 6.03. The molecule has 174 valence electrons. The molecule has 1 heterocycles. The zero-order valence-electron chi connectivity index (χ0n) is 19.8. The summed E-state index contributed by atoms with van der Waals surface area (Å²) in [6.45, 7) is 9.96. The third kappa shape index (κ3) is 6.34. The van der Waals surface area contributed by atoms with Gasteiger partial charge in [0.25, 0.3) is 0 Å². The largest absolute Gasteiger partial charge is 0.494 e. The molecule has 5 nitrogen and oxygen atoms in total. The van der Waals surface area contributed by atoms with Crippen LogP contribution in [0.25, 0.3) is 10.8 Å². The second kappa shape index (κ2) is 11.3. The number of amides is 1. The van der Waals surface area contributed by atoms with E-state index < -0.39 is 0 Å². The molecule has 0 radical (unpaired) electrons. The first kappa shape index (κ1) is 23.3. The number of piperazine rings is 1. The van der Waals surface area contributed by atoms with Crippen molar-refractivity contribution in [1.29, 1.82) is 0 Å². The number of carbonyl (C=O) groups is 1.